The van der Waals surface area contributed by atoms with Crippen molar-refractivity contribution in [3.05, 3.63) is 59.7 Å². The number of anilines is 1. The van der Waals surface area contributed by atoms with Crippen LogP contribution < -0.4 is 4.31 Å². The zero-order valence-corrected chi connectivity index (χ0v) is 13.6. The number of rotatable bonds is 6. The smallest absolute Gasteiger partial charge is 0.262 e. The number of para-hydroxylation sites is 2. The zero-order valence-electron chi connectivity index (χ0n) is 12.8. The normalized spacial score (nSPS) is 13.6. The van der Waals surface area contributed by atoms with E-state index in [0.717, 1.165) is 12.0 Å². The summed E-state index contributed by atoms with van der Waals surface area (Å²) in [6, 6.07) is 14.5. The molecule has 0 fully saturated rings. The van der Waals surface area contributed by atoms with E-state index in [1.54, 1.807) is 18.2 Å². The Balaban J connectivity index is 2.22. The standard InChI is InChI=1S/C17H21NO3S/c1-3-13(2)15-10-8-14(9-11-15)12-18(22(20)21)16-6-4-5-7-17(16)19/h4-11,13,19H,3,12H2,1-2H3,(H,20,21). The number of hydrogen-bond donors (Lipinski definition) is 2. The van der Waals surface area contributed by atoms with Crippen molar-refractivity contribution >= 4 is 17.0 Å². The predicted octanol–water partition coefficient (Wildman–Crippen LogP) is 4.05. The Bertz CT molecular complexity index is 643. The number of benzene rings is 2. The third-order valence-electron chi connectivity index (χ3n) is 3.83. The van der Waals surface area contributed by atoms with Crippen LogP contribution in [-0.4, -0.2) is 13.9 Å². The molecule has 0 aliphatic heterocycles. The number of aromatic hydroxyl groups is 1. The molecular weight excluding hydrogens is 298 g/mol. The summed E-state index contributed by atoms with van der Waals surface area (Å²) in [5.41, 5.74) is 2.51. The van der Waals surface area contributed by atoms with Gasteiger partial charge in [-0.3, -0.25) is 8.86 Å². The van der Waals surface area contributed by atoms with E-state index in [1.807, 2.05) is 24.3 Å². The van der Waals surface area contributed by atoms with Gasteiger partial charge < -0.3 is 5.11 Å². The highest BCUT2D eigenvalue weighted by Gasteiger charge is 2.16. The van der Waals surface area contributed by atoms with Gasteiger partial charge in [-0.15, -0.1) is 0 Å². The molecule has 0 bridgehead atoms. The van der Waals surface area contributed by atoms with Crippen molar-refractivity contribution in [1.82, 2.24) is 0 Å². The van der Waals surface area contributed by atoms with E-state index in [0.29, 0.717) is 11.6 Å². The molecule has 0 heterocycles. The van der Waals surface area contributed by atoms with Crippen LogP contribution >= 0.6 is 0 Å². The molecular formula is C17H21NO3S. The molecule has 4 nitrogen and oxygen atoms in total. The second kappa shape index (κ2) is 7.42. The minimum Gasteiger partial charge on any atom is -0.506 e. The molecule has 2 N–H and O–H groups in total. The molecule has 0 aliphatic carbocycles. The second-order valence-electron chi connectivity index (χ2n) is 5.31. The molecule has 0 saturated carbocycles. The third-order valence-corrected chi connectivity index (χ3v) is 4.53. The van der Waals surface area contributed by atoms with Crippen LogP contribution in [0.15, 0.2) is 48.5 Å². The molecule has 5 heteroatoms. The lowest BCUT2D eigenvalue weighted by Gasteiger charge is -2.21. The fraction of sp³-hybridized carbons (Fsp3) is 0.294. The van der Waals surface area contributed by atoms with Crippen LogP contribution in [0.25, 0.3) is 0 Å². The average Bonchev–Trinajstić information content (AvgIpc) is 2.53. The molecule has 0 saturated heterocycles. The molecule has 2 atom stereocenters. The van der Waals surface area contributed by atoms with Gasteiger partial charge >= 0.3 is 0 Å². The van der Waals surface area contributed by atoms with Gasteiger partial charge in [-0.05, 0) is 35.6 Å². The Labute approximate surface area is 133 Å². The van der Waals surface area contributed by atoms with Crippen LogP contribution in [-0.2, 0) is 17.8 Å². The summed E-state index contributed by atoms with van der Waals surface area (Å²) in [6.07, 6.45) is 1.07. The molecule has 0 aliphatic rings. The highest BCUT2D eigenvalue weighted by molar-refractivity contribution is 7.80. The summed E-state index contributed by atoms with van der Waals surface area (Å²) in [7, 11) is 0. The summed E-state index contributed by atoms with van der Waals surface area (Å²) >= 11 is -2.21. The van der Waals surface area contributed by atoms with Crippen molar-refractivity contribution in [2.45, 2.75) is 32.7 Å². The first-order chi connectivity index (χ1) is 10.5. The maximum Gasteiger partial charge on any atom is 0.262 e. The fourth-order valence-corrected chi connectivity index (χ4v) is 2.83. The molecule has 22 heavy (non-hydrogen) atoms. The topological polar surface area (TPSA) is 60.8 Å². The second-order valence-corrected chi connectivity index (χ2v) is 6.21. The Hall–Kier alpha value is -1.85. The molecule has 2 aromatic rings. The number of nitrogens with zero attached hydrogens (tertiary/aromatic N) is 1. The minimum atomic E-state index is -2.21. The Kier molecular flexibility index (Phi) is 5.57. The molecule has 118 valence electrons. The molecule has 0 radical (unpaired) electrons. The average molecular weight is 319 g/mol. The van der Waals surface area contributed by atoms with Gasteiger partial charge in [-0.1, -0.05) is 50.2 Å². The molecule has 0 spiro atoms. The van der Waals surface area contributed by atoms with E-state index in [-0.39, 0.29) is 12.3 Å². The highest BCUT2D eigenvalue weighted by Crippen LogP contribution is 2.29. The van der Waals surface area contributed by atoms with Gasteiger partial charge in [0.05, 0.1) is 12.2 Å². The Morgan fingerprint density at radius 3 is 2.32 bits per heavy atom. The molecule has 0 amide bonds. The van der Waals surface area contributed by atoms with Gasteiger partial charge in [-0.25, -0.2) is 4.21 Å². The lowest BCUT2D eigenvalue weighted by molar-refractivity contribution is 0.474. The van der Waals surface area contributed by atoms with Gasteiger partial charge in [0.15, 0.2) is 0 Å². The van der Waals surface area contributed by atoms with E-state index in [2.05, 4.69) is 13.8 Å². The number of hydrogen-bond acceptors (Lipinski definition) is 2. The zero-order chi connectivity index (χ0) is 16.1. The van der Waals surface area contributed by atoms with Crippen molar-refractivity contribution in [3.63, 3.8) is 0 Å². The van der Waals surface area contributed by atoms with Crippen LogP contribution in [0.1, 0.15) is 37.3 Å². The van der Waals surface area contributed by atoms with Gasteiger partial charge in [0.25, 0.3) is 11.3 Å². The van der Waals surface area contributed by atoms with Crippen molar-refractivity contribution < 1.29 is 13.9 Å². The van der Waals surface area contributed by atoms with Gasteiger partial charge in [0, 0.05) is 0 Å². The lowest BCUT2D eigenvalue weighted by atomic mass is 9.98. The van der Waals surface area contributed by atoms with Gasteiger partial charge in [-0.2, -0.15) is 0 Å². The third kappa shape index (κ3) is 3.87. The van der Waals surface area contributed by atoms with Gasteiger partial charge in [0.2, 0.25) is 0 Å². The van der Waals surface area contributed by atoms with E-state index >= 15 is 0 Å². The van der Waals surface area contributed by atoms with E-state index < -0.39 is 11.3 Å². The summed E-state index contributed by atoms with van der Waals surface area (Å²) in [6.45, 7) is 4.57. The van der Waals surface area contributed by atoms with Crippen molar-refractivity contribution in [3.8, 4) is 5.75 Å². The van der Waals surface area contributed by atoms with Crippen LogP contribution in [0.2, 0.25) is 0 Å². The minimum absolute atomic E-state index is 0.0128. The van der Waals surface area contributed by atoms with Crippen molar-refractivity contribution in [2.24, 2.45) is 0 Å². The van der Waals surface area contributed by atoms with Crippen molar-refractivity contribution in [2.75, 3.05) is 4.31 Å². The van der Waals surface area contributed by atoms with E-state index in [4.69, 9.17) is 0 Å². The van der Waals surface area contributed by atoms with Crippen LogP contribution in [0.4, 0.5) is 5.69 Å². The Morgan fingerprint density at radius 1 is 1.14 bits per heavy atom. The molecule has 2 aromatic carbocycles. The molecule has 0 aromatic heterocycles. The summed E-state index contributed by atoms with van der Waals surface area (Å²) < 4.78 is 22.4. The maximum atomic E-state index is 11.6. The summed E-state index contributed by atoms with van der Waals surface area (Å²) in [5, 5.41) is 9.87. The monoisotopic (exact) mass is 319 g/mol. The van der Waals surface area contributed by atoms with Crippen LogP contribution in [0.3, 0.4) is 0 Å². The molecule has 2 unspecified atom stereocenters. The number of phenolic OH excluding ortho intramolecular Hbond substituents is 1. The first-order valence-corrected chi connectivity index (χ1v) is 8.34. The predicted molar refractivity (Wildman–Crippen MR) is 90.2 cm³/mol. The summed E-state index contributed by atoms with van der Waals surface area (Å²) in [5.74, 6) is 0.483. The quantitative estimate of drug-likeness (QED) is 0.790. The number of phenols is 1. The SMILES string of the molecule is CCC(C)c1ccc(CN(c2ccccc2O)S(=O)O)cc1. The van der Waals surface area contributed by atoms with Crippen LogP contribution in [0.5, 0.6) is 5.75 Å². The van der Waals surface area contributed by atoms with Crippen LogP contribution in [0, 0.1) is 0 Å². The van der Waals surface area contributed by atoms with E-state index in [9.17, 15) is 13.9 Å². The summed E-state index contributed by atoms with van der Waals surface area (Å²) in [4.78, 5) is 0. The first kappa shape index (κ1) is 16.5. The van der Waals surface area contributed by atoms with E-state index in [1.165, 1.54) is 15.9 Å². The molecule has 2 rings (SSSR count). The van der Waals surface area contributed by atoms with Gasteiger partial charge in [0.1, 0.15) is 5.75 Å². The highest BCUT2D eigenvalue weighted by atomic mass is 32.2. The van der Waals surface area contributed by atoms with Crippen molar-refractivity contribution in [1.29, 1.82) is 0 Å². The Morgan fingerprint density at radius 2 is 1.77 bits per heavy atom. The lowest BCUT2D eigenvalue weighted by Crippen LogP contribution is -2.24. The maximum absolute atomic E-state index is 11.6. The first-order valence-electron chi connectivity index (χ1n) is 7.28. The fourth-order valence-electron chi connectivity index (χ4n) is 2.25. The largest absolute Gasteiger partial charge is 0.506 e.